The smallest absolute Gasteiger partial charge is 0.231 e. The molecule has 2 aromatic rings. The van der Waals surface area contributed by atoms with Gasteiger partial charge in [0.25, 0.3) is 0 Å². The van der Waals surface area contributed by atoms with Gasteiger partial charge in [-0.25, -0.2) is 7.05 Å². The number of hydrogen-bond acceptors (Lipinski definition) is 3. The molecule has 3 rings (SSSR count). The summed E-state index contributed by atoms with van der Waals surface area (Å²) in [6.07, 6.45) is 2.94. The second kappa shape index (κ2) is 6.77. The average molecular weight is 416 g/mol. The average Bonchev–Trinajstić information content (AvgIpc) is 2.44. The normalized spacial score (nSPS) is 12.7. The van der Waals surface area contributed by atoms with Gasteiger partial charge < -0.3 is 17.5 Å². The summed E-state index contributed by atoms with van der Waals surface area (Å²) in [4.78, 5) is 24.6. The molecule has 5 heteroatoms. The largest absolute Gasteiger partial charge is 0.430 e. The zero-order chi connectivity index (χ0) is 13.3. The zero-order valence-corrected chi connectivity index (χ0v) is 13.0. The molecule has 0 bridgehead atoms. The van der Waals surface area contributed by atoms with E-state index in [1.54, 1.807) is 12.1 Å². The van der Waals surface area contributed by atoms with E-state index in [1.807, 2.05) is 24.3 Å². The van der Waals surface area contributed by atoms with Crippen molar-refractivity contribution in [2.45, 2.75) is 0 Å². The van der Waals surface area contributed by atoms with Crippen LogP contribution in [0.3, 0.4) is 0 Å². The number of amides is 2. The molecule has 0 saturated carbocycles. The molecule has 1 aliphatic rings. The van der Waals surface area contributed by atoms with Crippen LogP contribution >= 0.6 is 12.6 Å². The fraction of sp³-hybridized carbons (Fsp3) is 0. The second-order valence-electron chi connectivity index (χ2n) is 3.75. The molecule has 101 valence electrons. The monoisotopic (exact) mass is 416 g/mol. The van der Waals surface area contributed by atoms with Crippen molar-refractivity contribution >= 4 is 35.2 Å². The molecule has 0 spiro atoms. The SMILES string of the molecule is [CH2-]N1C(=O)c2cccc3cccc(c23)C1=O.[CH2-]S.[Tb]. The van der Waals surface area contributed by atoms with Crippen molar-refractivity contribution < 1.29 is 48.2 Å². The van der Waals surface area contributed by atoms with Crippen LogP contribution in [0.1, 0.15) is 20.7 Å². The van der Waals surface area contributed by atoms with Gasteiger partial charge >= 0.3 is 0 Å². The Balaban J connectivity index is 0.000000576. The van der Waals surface area contributed by atoms with Gasteiger partial charge in [0.2, 0.25) is 11.8 Å². The predicted molar refractivity (Wildman–Crippen MR) is 74.1 cm³/mol. The summed E-state index contributed by atoms with van der Waals surface area (Å²) in [6, 6.07) is 10.8. The molecule has 0 saturated heterocycles. The van der Waals surface area contributed by atoms with Crippen LogP contribution in [0.5, 0.6) is 0 Å². The first-order chi connectivity index (χ1) is 8.70. The van der Waals surface area contributed by atoms with E-state index in [-0.39, 0.29) is 50.4 Å². The Kier molecular flexibility index (Phi) is 5.89. The van der Waals surface area contributed by atoms with Gasteiger partial charge in [-0.1, -0.05) is 24.3 Å². The first-order valence-corrected chi connectivity index (χ1v) is 5.86. The molecule has 3 nitrogen and oxygen atoms in total. The first kappa shape index (κ1) is 16.5. The van der Waals surface area contributed by atoms with E-state index in [4.69, 9.17) is 0 Å². The van der Waals surface area contributed by atoms with Crippen LogP contribution in [-0.2, 0) is 0 Å². The van der Waals surface area contributed by atoms with Gasteiger partial charge in [0, 0.05) is 55.1 Å². The Morgan fingerprint density at radius 2 is 1.32 bits per heavy atom. The fourth-order valence-corrected chi connectivity index (χ4v) is 2.08. The van der Waals surface area contributed by atoms with Crippen LogP contribution in [0.4, 0.5) is 0 Å². The van der Waals surface area contributed by atoms with Crippen molar-refractivity contribution in [3.63, 3.8) is 0 Å². The number of carbonyl (C=O) groups excluding carboxylic acids is 2. The topological polar surface area (TPSA) is 37.4 Å². The van der Waals surface area contributed by atoms with E-state index >= 15 is 0 Å². The number of hydrogen-bond donors (Lipinski definition) is 1. The van der Waals surface area contributed by atoms with Crippen molar-refractivity contribution in [3.8, 4) is 0 Å². The summed E-state index contributed by atoms with van der Waals surface area (Å²) < 4.78 is 0. The summed E-state index contributed by atoms with van der Waals surface area (Å²) >= 11 is 3.28. The molecule has 1 heterocycles. The molecule has 2 amide bonds. The van der Waals surface area contributed by atoms with Gasteiger partial charge in [0.05, 0.1) is 0 Å². The summed E-state index contributed by atoms with van der Waals surface area (Å²) in [6.45, 7) is 0. The Morgan fingerprint density at radius 1 is 0.895 bits per heavy atom. The van der Waals surface area contributed by atoms with Crippen LogP contribution in [0.15, 0.2) is 36.4 Å². The number of thiol groups is 1. The van der Waals surface area contributed by atoms with Gasteiger partial charge in [0.15, 0.2) is 0 Å². The number of rotatable bonds is 0. The van der Waals surface area contributed by atoms with Crippen molar-refractivity contribution in [3.05, 3.63) is 60.8 Å². The molecule has 1 radical (unpaired) electrons. The van der Waals surface area contributed by atoms with E-state index in [0.717, 1.165) is 15.7 Å². The Hall–Kier alpha value is -0.524. The van der Waals surface area contributed by atoms with Gasteiger partial charge in [0.1, 0.15) is 0 Å². The molecule has 0 N–H and O–H groups in total. The van der Waals surface area contributed by atoms with Crippen molar-refractivity contribution in [1.29, 1.82) is 0 Å². The third-order valence-electron chi connectivity index (χ3n) is 2.86. The third-order valence-corrected chi connectivity index (χ3v) is 2.86. The van der Waals surface area contributed by atoms with Crippen LogP contribution in [0, 0.1) is 51.9 Å². The molecule has 2 aromatic carbocycles. The number of imide groups is 1. The zero-order valence-electron chi connectivity index (χ0n) is 9.92. The maximum Gasteiger partial charge on any atom is 0.231 e. The van der Waals surface area contributed by atoms with Crippen LogP contribution in [0.25, 0.3) is 10.8 Å². The van der Waals surface area contributed by atoms with Crippen LogP contribution in [-0.4, -0.2) is 16.7 Å². The molecule has 0 atom stereocenters. The summed E-state index contributed by atoms with van der Waals surface area (Å²) in [5, 5.41) is 1.64. The Labute approximate surface area is 148 Å². The molecular formula is C14H11NO2STb-2. The number of carbonyl (C=O) groups is 2. The maximum absolute atomic E-state index is 11.9. The Morgan fingerprint density at radius 3 is 1.74 bits per heavy atom. The van der Waals surface area contributed by atoms with Crippen molar-refractivity contribution in [2.75, 3.05) is 0 Å². The molecule has 0 unspecified atom stereocenters. The molecule has 1 aliphatic heterocycles. The minimum Gasteiger partial charge on any atom is -0.430 e. The Bertz CT molecular complexity index is 592. The van der Waals surface area contributed by atoms with Crippen LogP contribution < -0.4 is 0 Å². The van der Waals surface area contributed by atoms with E-state index in [1.165, 1.54) is 0 Å². The van der Waals surface area contributed by atoms with E-state index in [2.05, 4.69) is 25.9 Å². The fourth-order valence-electron chi connectivity index (χ4n) is 2.08. The van der Waals surface area contributed by atoms with Gasteiger partial charge in [-0.15, -0.1) is 0 Å². The standard InChI is InChI=1S/C13H8NO2.CH3S.Tb/c1-14-12(15)9-6-2-4-8-5-3-7-10(11(8)9)13(14)16;1-2;/h2-7H,1H2;2H,1H2;/q2*-1;. The van der Waals surface area contributed by atoms with Crippen molar-refractivity contribution in [1.82, 2.24) is 4.90 Å². The van der Waals surface area contributed by atoms with E-state index in [0.29, 0.717) is 11.1 Å². The summed E-state index contributed by atoms with van der Waals surface area (Å²) in [7, 11) is 3.48. The van der Waals surface area contributed by atoms with Crippen molar-refractivity contribution in [2.24, 2.45) is 0 Å². The van der Waals surface area contributed by atoms with E-state index in [9.17, 15) is 9.59 Å². The van der Waals surface area contributed by atoms with Gasteiger partial charge in [-0.2, -0.15) is 0 Å². The summed E-state index contributed by atoms with van der Waals surface area (Å²) in [5.41, 5.74) is 1.09. The molecule has 0 aromatic heterocycles. The van der Waals surface area contributed by atoms with Gasteiger partial charge in [-0.3, -0.25) is 15.8 Å². The molecule has 0 fully saturated rings. The number of nitrogens with zero attached hydrogens (tertiary/aromatic N) is 1. The molecular weight excluding hydrogens is 405 g/mol. The minimum absolute atomic E-state index is 0. The maximum atomic E-state index is 11.9. The molecule has 19 heavy (non-hydrogen) atoms. The summed E-state index contributed by atoms with van der Waals surface area (Å²) in [5.74, 6) is -0.677. The van der Waals surface area contributed by atoms with Gasteiger partial charge in [-0.05, 0) is 17.5 Å². The second-order valence-corrected chi connectivity index (χ2v) is 3.75. The number of benzene rings is 2. The molecule has 0 aliphatic carbocycles. The quantitative estimate of drug-likeness (QED) is 0.408. The van der Waals surface area contributed by atoms with Crippen LogP contribution in [0.2, 0.25) is 0 Å². The van der Waals surface area contributed by atoms with E-state index < -0.39 is 0 Å². The first-order valence-electron chi connectivity index (χ1n) is 5.23. The minimum atomic E-state index is -0.339. The third kappa shape index (κ3) is 2.69. The predicted octanol–water partition coefficient (Wildman–Crippen LogP) is 2.94.